The Morgan fingerprint density at radius 1 is 0.649 bits per heavy atom. The molecule has 0 atom stereocenters. The molecule has 0 spiro atoms. The fourth-order valence-corrected chi connectivity index (χ4v) is 7.76. The van der Waals surface area contributed by atoms with Gasteiger partial charge in [-0.25, -0.2) is 9.59 Å². The third-order valence-electron chi connectivity index (χ3n) is 8.49. The summed E-state index contributed by atoms with van der Waals surface area (Å²) in [5, 5.41) is 10.2. The number of hydrogen-bond acceptors (Lipinski definition) is 11. The highest BCUT2D eigenvalue weighted by Gasteiger charge is 2.25. The average Bonchev–Trinajstić information content (AvgIpc) is 4.03. The number of benzene rings is 4. The molecule has 0 aliphatic carbocycles. The molecular weight excluding hydrogens is 765 g/mol. The molecule has 6 aromatic rings. The molecule has 290 valence electrons. The van der Waals surface area contributed by atoms with E-state index in [0.717, 1.165) is 22.3 Å². The summed E-state index contributed by atoms with van der Waals surface area (Å²) in [6.07, 6.45) is 0.221. The molecule has 2 aromatic heterocycles. The Morgan fingerprint density at radius 3 is 1.60 bits per heavy atom. The van der Waals surface area contributed by atoms with Gasteiger partial charge in [0.15, 0.2) is 6.29 Å². The lowest BCUT2D eigenvalue weighted by atomic mass is 10.0. The molecule has 0 bridgehead atoms. The number of aldehydes is 1. The molecule has 3 heterocycles. The van der Waals surface area contributed by atoms with Crippen LogP contribution in [0.3, 0.4) is 0 Å². The van der Waals surface area contributed by atoms with Crippen molar-refractivity contribution in [3.63, 3.8) is 0 Å². The van der Waals surface area contributed by atoms with E-state index in [-0.39, 0.29) is 19.1 Å². The Morgan fingerprint density at radius 2 is 1.12 bits per heavy atom. The number of esters is 2. The highest BCUT2D eigenvalue weighted by molar-refractivity contribution is 7.15. The van der Waals surface area contributed by atoms with Crippen molar-refractivity contribution in [1.29, 1.82) is 0 Å². The van der Waals surface area contributed by atoms with E-state index < -0.39 is 24.1 Å². The van der Waals surface area contributed by atoms with E-state index in [0.29, 0.717) is 62.9 Å². The summed E-state index contributed by atoms with van der Waals surface area (Å²) in [6, 6.07) is 32.4. The minimum absolute atomic E-state index is 0.234. The second-order valence-corrected chi connectivity index (χ2v) is 14.0. The molecule has 0 saturated carbocycles. The molecule has 4 aromatic carbocycles. The topological polar surface area (TPSA) is 146 Å². The van der Waals surface area contributed by atoms with Crippen LogP contribution >= 0.6 is 22.7 Å². The number of thiophene rings is 2. The van der Waals surface area contributed by atoms with Crippen molar-refractivity contribution in [2.45, 2.75) is 20.1 Å². The Balaban J connectivity index is 0.000000194. The summed E-state index contributed by atoms with van der Waals surface area (Å²) in [7, 11) is 0. The Kier molecular flexibility index (Phi) is 13.9. The van der Waals surface area contributed by atoms with E-state index in [4.69, 9.17) is 18.9 Å². The van der Waals surface area contributed by atoms with E-state index in [1.54, 1.807) is 50.2 Å². The smallest absolute Gasteiger partial charge is 0.341 e. The molecule has 1 aliphatic rings. The van der Waals surface area contributed by atoms with Gasteiger partial charge in [-0.15, -0.1) is 22.7 Å². The van der Waals surface area contributed by atoms with Crippen LogP contribution in [0.15, 0.2) is 120 Å². The third-order valence-corrected chi connectivity index (χ3v) is 10.3. The summed E-state index contributed by atoms with van der Waals surface area (Å²) in [4.78, 5) is 61.6. The third kappa shape index (κ3) is 9.95. The highest BCUT2D eigenvalue weighted by atomic mass is 32.1. The maximum atomic E-state index is 12.9. The lowest BCUT2D eigenvalue weighted by molar-refractivity contribution is -0.0441. The summed E-state index contributed by atoms with van der Waals surface area (Å²) in [5.74, 6) is -1.67. The Bertz CT molecular complexity index is 2350. The van der Waals surface area contributed by atoms with Crippen LogP contribution in [0, 0.1) is 0 Å². The predicted octanol–water partition coefficient (Wildman–Crippen LogP) is 9.55. The van der Waals surface area contributed by atoms with Crippen LogP contribution in [0.2, 0.25) is 0 Å². The fraction of sp³-hybridized carbons (Fsp3) is 0.159. The second-order valence-electron chi connectivity index (χ2n) is 12.2. The van der Waals surface area contributed by atoms with Crippen molar-refractivity contribution in [1.82, 2.24) is 0 Å². The van der Waals surface area contributed by atoms with Gasteiger partial charge in [0.2, 0.25) is 0 Å². The molecule has 2 N–H and O–H groups in total. The molecule has 57 heavy (non-hydrogen) atoms. The number of carbonyl (C=O) groups excluding carboxylic acids is 5. The summed E-state index contributed by atoms with van der Waals surface area (Å²) < 4.78 is 21.4. The predicted molar refractivity (Wildman–Crippen MR) is 220 cm³/mol. The van der Waals surface area contributed by atoms with Crippen LogP contribution in [-0.2, 0) is 18.9 Å². The van der Waals surface area contributed by atoms with Crippen molar-refractivity contribution in [3.05, 3.63) is 153 Å². The van der Waals surface area contributed by atoms with Crippen molar-refractivity contribution in [3.8, 4) is 22.3 Å². The van der Waals surface area contributed by atoms with Crippen molar-refractivity contribution < 1.29 is 42.9 Å². The first-order valence-electron chi connectivity index (χ1n) is 18.0. The van der Waals surface area contributed by atoms with Gasteiger partial charge in [0.25, 0.3) is 11.8 Å². The van der Waals surface area contributed by atoms with Crippen LogP contribution in [0.25, 0.3) is 22.3 Å². The average molecular weight is 803 g/mol. The van der Waals surface area contributed by atoms with Gasteiger partial charge in [-0.3, -0.25) is 14.4 Å². The number of nitrogens with one attached hydrogen (secondary N) is 2. The lowest BCUT2D eigenvalue weighted by Crippen LogP contribution is -2.15. The van der Waals surface area contributed by atoms with Crippen LogP contribution < -0.4 is 10.6 Å². The fourth-order valence-electron chi connectivity index (χ4n) is 5.85. The number of carbonyl (C=O) groups is 5. The van der Waals surface area contributed by atoms with E-state index >= 15 is 0 Å². The summed E-state index contributed by atoms with van der Waals surface area (Å²) >= 11 is 2.55. The Labute approximate surface area is 337 Å². The molecule has 1 saturated heterocycles. The normalized spacial score (nSPS) is 12.2. The lowest BCUT2D eigenvalue weighted by Gasteiger charge is -2.12. The number of amides is 2. The summed E-state index contributed by atoms with van der Waals surface area (Å²) in [5.41, 5.74) is 5.85. The number of hydrogen-bond donors (Lipinski definition) is 2. The van der Waals surface area contributed by atoms with Gasteiger partial charge in [-0.2, -0.15) is 0 Å². The first-order chi connectivity index (χ1) is 27.8. The minimum atomic E-state index is -0.491. The van der Waals surface area contributed by atoms with Gasteiger partial charge in [-0.05, 0) is 49.2 Å². The largest absolute Gasteiger partial charge is 0.462 e. The number of anilines is 2. The first kappa shape index (κ1) is 40.4. The van der Waals surface area contributed by atoms with E-state index in [2.05, 4.69) is 10.6 Å². The molecule has 0 unspecified atom stereocenters. The van der Waals surface area contributed by atoms with Gasteiger partial charge in [0.05, 0.1) is 26.4 Å². The number of ether oxygens (including phenoxy) is 4. The van der Waals surface area contributed by atoms with Gasteiger partial charge in [-0.1, -0.05) is 84.9 Å². The summed E-state index contributed by atoms with van der Waals surface area (Å²) in [6.45, 7) is 5.03. The monoisotopic (exact) mass is 802 g/mol. The first-order valence-corrected chi connectivity index (χ1v) is 19.8. The highest BCUT2D eigenvalue weighted by Crippen LogP contribution is 2.38. The zero-order valence-electron chi connectivity index (χ0n) is 31.0. The molecule has 1 aliphatic heterocycles. The van der Waals surface area contributed by atoms with E-state index in [1.807, 2.05) is 77.5 Å². The SMILES string of the molecule is CCOC(=O)c1c(-c2ccccc2)csc1NC(=O)c1cccc(C2OCCO2)c1.CCOC(=O)c1c(-c2ccccc2)csc1NC(=O)c1cccc(C=O)c1. The zero-order chi connectivity index (χ0) is 40.1. The van der Waals surface area contributed by atoms with Crippen LogP contribution in [0.1, 0.15) is 77.5 Å². The van der Waals surface area contributed by atoms with Gasteiger partial charge in [0, 0.05) is 44.1 Å². The zero-order valence-corrected chi connectivity index (χ0v) is 32.7. The van der Waals surface area contributed by atoms with Crippen LogP contribution in [-0.4, -0.2) is 56.5 Å². The number of rotatable bonds is 12. The minimum Gasteiger partial charge on any atom is -0.462 e. The quantitative estimate of drug-likeness (QED) is 0.0913. The molecule has 7 rings (SSSR count). The van der Waals surface area contributed by atoms with E-state index in [9.17, 15) is 24.0 Å². The van der Waals surface area contributed by atoms with Crippen molar-refractivity contribution in [2.75, 3.05) is 37.1 Å². The Hall–Kier alpha value is -6.25. The van der Waals surface area contributed by atoms with Crippen molar-refractivity contribution >= 4 is 62.7 Å². The maximum absolute atomic E-state index is 12.9. The molecule has 13 heteroatoms. The standard InChI is InChI=1S/C23H21NO5S.C21H17NO4S/c1-2-27-22(26)19-18(15-7-4-3-5-8-15)14-30-21(19)24-20(25)16-9-6-10-17(13-16)23-28-11-12-29-23;1-2-26-21(25)18-17(15-8-4-3-5-9-15)13-27-20(18)22-19(24)16-10-6-7-14(11-16)12-23/h3-10,13-14,23H,2,11-12H2,1H3,(H,24,25);3-13H,2H2,1H3,(H,22,24). The molecule has 0 radical (unpaired) electrons. The second kappa shape index (κ2) is 19.6. The van der Waals surface area contributed by atoms with Crippen molar-refractivity contribution in [2.24, 2.45) is 0 Å². The maximum Gasteiger partial charge on any atom is 0.341 e. The van der Waals surface area contributed by atoms with E-state index in [1.165, 1.54) is 28.7 Å². The molecule has 1 fully saturated rings. The van der Waals surface area contributed by atoms with Gasteiger partial charge >= 0.3 is 11.9 Å². The molecule has 2 amide bonds. The van der Waals surface area contributed by atoms with Gasteiger partial charge < -0.3 is 29.6 Å². The molecule has 11 nitrogen and oxygen atoms in total. The van der Waals surface area contributed by atoms with Crippen LogP contribution in [0.4, 0.5) is 10.0 Å². The van der Waals surface area contributed by atoms with Gasteiger partial charge in [0.1, 0.15) is 27.4 Å². The molecular formula is C44H38N2O9S2. The van der Waals surface area contributed by atoms with Crippen LogP contribution in [0.5, 0.6) is 0 Å².